The van der Waals surface area contributed by atoms with Gasteiger partial charge in [0.15, 0.2) is 6.10 Å². The van der Waals surface area contributed by atoms with Crippen LogP contribution in [0.15, 0.2) is 59.1 Å². The van der Waals surface area contributed by atoms with Gasteiger partial charge in [-0.05, 0) is 75.6 Å². The van der Waals surface area contributed by atoms with Crippen LogP contribution in [0.25, 0.3) is 56.0 Å². The Morgan fingerprint density at radius 3 is 2.40 bits per heavy atom. The zero-order valence-corrected chi connectivity index (χ0v) is 26.5. The summed E-state index contributed by atoms with van der Waals surface area (Å²) in [7, 11) is 3.96. The zero-order chi connectivity index (χ0) is 31.8. The van der Waals surface area contributed by atoms with Crippen molar-refractivity contribution in [2.45, 2.75) is 52.9 Å². The van der Waals surface area contributed by atoms with Crippen molar-refractivity contribution in [1.82, 2.24) is 24.5 Å². The summed E-state index contributed by atoms with van der Waals surface area (Å²) in [5.74, 6) is -0.210. The Bertz CT molecular complexity index is 2110. The predicted molar refractivity (Wildman–Crippen MR) is 174 cm³/mol. The van der Waals surface area contributed by atoms with Gasteiger partial charge in [0, 0.05) is 49.1 Å². The van der Waals surface area contributed by atoms with Crippen molar-refractivity contribution in [2.24, 2.45) is 7.05 Å². The lowest BCUT2D eigenvalue weighted by atomic mass is 9.87. The van der Waals surface area contributed by atoms with Crippen LogP contribution in [-0.2, 0) is 23.1 Å². The maximum atomic E-state index is 12.9. The Morgan fingerprint density at radius 1 is 0.978 bits per heavy atom. The van der Waals surface area contributed by atoms with Gasteiger partial charge >= 0.3 is 5.97 Å². The number of hydrogen-bond acceptors (Lipinski definition) is 7. The van der Waals surface area contributed by atoms with Gasteiger partial charge in [-0.1, -0.05) is 29.8 Å². The number of hydrogen-bond donors (Lipinski definition) is 1. The second-order valence-electron chi connectivity index (χ2n) is 12.9. The van der Waals surface area contributed by atoms with E-state index >= 15 is 0 Å². The molecule has 0 unspecified atom stereocenters. The van der Waals surface area contributed by atoms with Crippen molar-refractivity contribution in [1.29, 1.82) is 0 Å². The number of anilines is 1. The molecule has 7 rings (SSSR count). The molecule has 4 heterocycles. The third-order valence-corrected chi connectivity index (χ3v) is 8.60. The minimum absolute atomic E-state index is 0.401. The molecule has 0 fully saturated rings. The van der Waals surface area contributed by atoms with Crippen LogP contribution in [0.4, 0.5) is 5.69 Å². The molecule has 0 spiro atoms. The topological polar surface area (TPSA) is 111 Å². The van der Waals surface area contributed by atoms with E-state index < -0.39 is 17.7 Å². The van der Waals surface area contributed by atoms with Gasteiger partial charge in [-0.15, -0.1) is 10.2 Å². The number of nitrogens with zero attached hydrogens (tertiary/aromatic N) is 6. The molecule has 0 amide bonds. The van der Waals surface area contributed by atoms with Crippen LogP contribution in [-0.4, -0.2) is 54.8 Å². The van der Waals surface area contributed by atoms with Crippen LogP contribution in [0.3, 0.4) is 0 Å². The Balaban J connectivity index is 1.49. The zero-order valence-electron chi connectivity index (χ0n) is 26.5. The van der Waals surface area contributed by atoms with Crippen molar-refractivity contribution in [2.75, 3.05) is 18.5 Å². The fraction of sp³-hybridized carbons (Fsp3) is 0.314. The number of aliphatic carboxylic acids is 1. The molecule has 0 saturated heterocycles. The van der Waals surface area contributed by atoms with Gasteiger partial charge < -0.3 is 23.7 Å². The van der Waals surface area contributed by atoms with Gasteiger partial charge in [0.1, 0.15) is 5.69 Å². The Hall–Kier alpha value is -4.96. The summed E-state index contributed by atoms with van der Waals surface area (Å²) in [6.45, 7) is 11.1. The molecule has 0 bridgehead atoms. The molecular formula is C35H36N6O4. The van der Waals surface area contributed by atoms with Crippen molar-refractivity contribution in [3.63, 3.8) is 0 Å². The molecule has 230 valence electrons. The number of carboxylic acids is 1. The first-order valence-electron chi connectivity index (χ1n) is 15.1. The number of carboxylic acid groups (broad SMARTS) is 1. The highest BCUT2D eigenvalue weighted by atomic mass is 16.5. The molecule has 3 aromatic heterocycles. The highest BCUT2D eigenvalue weighted by Gasteiger charge is 2.36. The Morgan fingerprint density at radius 2 is 1.69 bits per heavy atom. The van der Waals surface area contributed by atoms with Crippen LogP contribution in [0.2, 0.25) is 0 Å². The maximum absolute atomic E-state index is 12.9. The normalized spacial score (nSPS) is 14.1. The summed E-state index contributed by atoms with van der Waals surface area (Å²) in [6, 6.07) is 16.2. The van der Waals surface area contributed by atoms with Gasteiger partial charge in [0.2, 0.25) is 5.89 Å². The molecule has 1 N–H and O–H groups in total. The molecule has 3 aromatic carbocycles. The molecule has 1 aliphatic rings. The second kappa shape index (κ2) is 10.3. The molecule has 0 aliphatic carbocycles. The highest BCUT2D eigenvalue weighted by Crippen LogP contribution is 2.49. The lowest BCUT2D eigenvalue weighted by Crippen LogP contribution is -2.31. The number of benzene rings is 3. The Labute approximate surface area is 260 Å². The molecule has 10 nitrogen and oxygen atoms in total. The average Bonchev–Trinajstić information content (AvgIpc) is 3.72. The first kappa shape index (κ1) is 28.8. The standard InChI is InChI=1S/C35H36N6O4/c1-19-8-10-21(11-9-19)28-24-17-26(33-38-37-32(44-33)22-12-13-25-23(16-22)18-36-40(25)7)41-15-14-39(6)29(30(24)41)20(2)27(28)31(34(42)43)45-35(3,4)5/h8-13,16-18,31H,14-15H2,1-7H3,(H,42,43)/t31-/m0/s1. The van der Waals surface area contributed by atoms with Gasteiger partial charge in [0.25, 0.3) is 5.89 Å². The van der Waals surface area contributed by atoms with E-state index in [-0.39, 0.29) is 0 Å². The van der Waals surface area contributed by atoms with Crippen LogP contribution < -0.4 is 4.90 Å². The van der Waals surface area contributed by atoms with Crippen LogP contribution in [0, 0.1) is 13.8 Å². The van der Waals surface area contributed by atoms with Gasteiger partial charge in [-0.3, -0.25) is 4.68 Å². The SMILES string of the molecule is Cc1ccc(-c2c([C@H](OC(C)(C)C)C(=O)O)c(C)c3c4c2cc(-c2nnc(-c5ccc6c(cnn6C)c5)o2)n4CCN3C)cc1. The molecule has 0 saturated carbocycles. The van der Waals surface area contributed by atoms with E-state index in [1.165, 1.54) is 0 Å². The van der Waals surface area contributed by atoms with Crippen molar-refractivity contribution in [3.05, 3.63) is 71.4 Å². The molecule has 6 aromatic rings. The van der Waals surface area contributed by atoms with Crippen molar-refractivity contribution < 1.29 is 19.1 Å². The summed E-state index contributed by atoms with van der Waals surface area (Å²) >= 11 is 0. The van der Waals surface area contributed by atoms with E-state index in [2.05, 4.69) is 43.0 Å². The number of carbonyl (C=O) groups is 1. The van der Waals surface area contributed by atoms with Gasteiger partial charge in [-0.2, -0.15) is 5.10 Å². The van der Waals surface area contributed by atoms with Gasteiger partial charge in [0.05, 0.1) is 28.5 Å². The molecular weight excluding hydrogens is 568 g/mol. The highest BCUT2D eigenvalue weighted by molar-refractivity contribution is 6.09. The summed E-state index contributed by atoms with van der Waals surface area (Å²) in [6.07, 6.45) is 0.639. The largest absolute Gasteiger partial charge is 0.479 e. The quantitative estimate of drug-likeness (QED) is 0.218. The number of likely N-dealkylation sites (N-methyl/N-ethyl adjacent to an activating group) is 1. The minimum atomic E-state index is -1.18. The van der Waals surface area contributed by atoms with E-state index in [4.69, 9.17) is 9.15 Å². The van der Waals surface area contributed by atoms with Crippen molar-refractivity contribution >= 4 is 33.5 Å². The number of fused-ring (bicyclic) bond motifs is 1. The number of aromatic nitrogens is 5. The smallest absolute Gasteiger partial charge is 0.337 e. The maximum Gasteiger partial charge on any atom is 0.337 e. The second-order valence-corrected chi connectivity index (χ2v) is 12.9. The van der Waals surface area contributed by atoms with E-state index in [0.717, 1.165) is 67.5 Å². The summed E-state index contributed by atoms with van der Waals surface area (Å²) in [5.41, 5.74) is 8.30. The monoisotopic (exact) mass is 604 g/mol. The summed E-state index contributed by atoms with van der Waals surface area (Å²) < 4.78 is 16.7. The van der Waals surface area contributed by atoms with E-state index in [1.807, 2.05) is 89.9 Å². The summed E-state index contributed by atoms with van der Waals surface area (Å²) in [4.78, 5) is 15.1. The summed E-state index contributed by atoms with van der Waals surface area (Å²) in [5, 5.41) is 25.8. The van der Waals surface area contributed by atoms with Crippen LogP contribution in [0.1, 0.15) is 43.6 Å². The molecule has 0 radical (unpaired) electrons. The molecule has 10 heteroatoms. The van der Waals surface area contributed by atoms with E-state index in [9.17, 15) is 9.90 Å². The Kier molecular flexibility index (Phi) is 6.59. The lowest BCUT2D eigenvalue weighted by molar-refractivity contribution is -0.160. The van der Waals surface area contributed by atoms with E-state index in [1.54, 1.807) is 0 Å². The minimum Gasteiger partial charge on any atom is -0.479 e. The number of ether oxygens (including phenoxy) is 1. The van der Waals surface area contributed by atoms with E-state index in [0.29, 0.717) is 23.9 Å². The predicted octanol–water partition coefficient (Wildman–Crippen LogP) is 6.92. The van der Waals surface area contributed by atoms with Gasteiger partial charge in [-0.25, -0.2) is 4.79 Å². The first-order chi connectivity index (χ1) is 21.4. The van der Waals surface area contributed by atoms with Crippen molar-refractivity contribution in [3.8, 4) is 34.2 Å². The lowest BCUT2D eigenvalue weighted by Gasteiger charge is -2.34. The fourth-order valence-electron chi connectivity index (χ4n) is 6.56. The fourth-order valence-corrected chi connectivity index (χ4v) is 6.56. The number of aryl methyl sites for hydroxylation is 2. The molecule has 45 heavy (non-hydrogen) atoms. The third-order valence-electron chi connectivity index (χ3n) is 8.60. The van der Waals surface area contributed by atoms with Crippen LogP contribution >= 0.6 is 0 Å². The first-order valence-corrected chi connectivity index (χ1v) is 15.1. The third kappa shape index (κ3) is 4.76. The van der Waals surface area contributed by atoms with Crippen LogP contribution in [0.5, 0.6) is 0 Å². The number of rotatable bonds is 6. The molecule has 1 atom stereocenters. The average molecular weight is 605 g/mol. The molecule has 1 aliphatic heterocycles.